The summed E-state index contributed by atoms with van der Waals surface area (Å²) in [5.41, 5.74) is 1.22. The molecule has 0 saturated carbocycles. The summed E-state index contributed by atoms with van der Waals surface area (Å²) in [6, 6.07) is 1.55. The van der Waals surface area contributed by atoms with Gasteiger partial charge < -0.3 is 9.47 Å². The lowest BCUT2D eigenvalue weighted by atomic mass is 9.94. The smallest absolute Gasteiger partial charge is 0.201 e. The Kier molecular flexibility index (Phi) is 7.91. The monoisotopic (exact) mass is 406 g/mol. The number of aryl methyl sites for hydroxylation is 1. The van der Waals surface area contributed by atoms with Crippen LogP contribution in [0, 0.1) is 17.6 Å². The van der Waals surface area contributed by atoms with Gasteiger partial charge in [0.1, 0.15) is 0 Å². The van der Waals surface area contributed by atoms with Crippen molar-refractivity contribution in [1.82, 2.24) is 0 Å². The molecule has 2 unspecified atom stereocenters. The van der Waals surface area contributed by atoms with Crippen molar-refractivity contribution < 1.29 is 22.6 Å². The first-order valence-electron chi connectivity index (χ1n) is 9.88. The summed E-state index contributed by atoms with van der Waals surface area (Å²) in [6.07, 6.45) is 3.56. The van der Waals surface area contributed by atoms with Crippen molar-refractivity contribution in [2.45, 2.75) is 52.6 Å². The molecule has 0 aliphatic carbocycles. The van der Waals surface area contributed by atoms with Gasteiger partial charge in [-0.25, -0.2) is 8.78 Å². The predicted molar refractivity (Wildman–Crippen MR) is 110 cm³/mol. The van der Waals surface area contributed by atoms with E-state index in [0.717, 1.165) is 6.42 Å². The molecule has 29 heavy (non-hydrogen) atoms. The van der Waals surface area contributed by atoms with Crippen LogP contribution in [0.2, 0.25) is 0 Å². The number of rotatable bonds is 9. The van der Waals surface area contributed by atoms with Crippen molar-refractivity contribution >= 4 is 0 Å². The second kappa shape index (κ2) is 9.97. The predicted octanol–water partition coefficient (Wildman–Crippen LogP) is 6.76. The van der Waals surface area contributed by atoms with Gasteiger partial charge in [0.2, 0.25) is 5.82 Å². The van der Waals surface area contributed by atoms with Gasteiger partial charge in [-0.2, -0.15) is 4.39 Å². The molecule has 0 amide bonds. The van der Waals surface area contributed by atoms with Crippen LogP contribution >= 0.6 is 0 Å². The molecule has 1 aromatic carbocycles. The quantitative estimate of drug-likeness (QED) is 0.422. The molecule has 158 valence electrons. The highest BCUT2D eigenvalue weighted by atomic mass is 19.2. The summed E-state index contributed by atoms with van der Waals surface area (Å²) in [4.78, 5) is 0. The molecule has 1 heterocycles. The van der Waals surface area contributed by atoms with Crippen molar-refractivity contribution in [3.8, 4) is 5.75 Å². The Morgan fingerprint density at radius 2 is 2.00 bits per heavy atom. The largest absolute Gasteiger partial charge is 0.450 e. The van der Waals surface area contributed by atoms with Gasteiger partial charge in [-0.05, 0) is 49.0 Å². The molecule has 0 fully saturated rings. The molecule has 0 N–H and O–H groups in total. The molecule has 5 heteroatoms. The lowest BCUT2D eigenvalue weighted by molar-refractivity contribution is 0.0485. The Morgan fingerprint density at radius 1 is 1.31 bits per heavy atom. The first-order chi connectivity index (χ1) is 13.7. The zero-order valence-electron chi connectivity index (χ0n) is 17.4. The fraction of sp³-hybridized carbons (Fsp3) is 0.417. The van der Waals surface area contributed by atoms with E-state index < -0.39 is 17.5 Å². The zero-order chi connectivity index (χ0) is 21.7. The van der Waals surface area contributed by atoms with Gasteiger partial charge >= 0.3 is 0 Å². The van der Waals surface area contributed by atoms with Crippen LogP contribution in [-0.4, -0.2) is 12.7 Å². The van der Waals surface area contributed by atoms with Gasteiger partial charge in [-0.3, -0.25) is 0 Å². The maximum atomic E-state index is 15.1. The van der Waals surface area contributed by atoms with Crippen molar-refractivity contribution in [3.05, 3.63) is 77.4 Å². The summed E-state index contributed by atoms with van der Waals surface area (Å²) < 4.78 is 55.2. The van der Waals surface area contributed by atoms with Gasteiger partial charge in [0.15, 0.2) is 23.2 Å². The minimum absolute atomic E-state index is 0.0566. The van der Waals surface area contributed by atoms with E-state index in [9.17, 15) is 8.78 Å². The summed E-state index contributed by atoms with van der Waals surface area (Å²) >= 11 is 0. The normalized spacial score (nSPS) is 17.2. The Morgan fingerprint density at radius 3 is 2.62 bits per heavy atom. The molecular weight excluding hydrogens is 377 g/mol. The third-order valence-corrected chi connectivity index (χ3v) is 5.14. The topological polar surface area (TPSA) is 18.5 Å². The van der Waals surface area contributed by atoms with Crippen LogP contribution in [0.5, 0.6) is 5.75 Å². The van der Waals surface area contributed by atoms with Crippen molar-refractivity contribution in [2.75, 3.05) is 6.61 Å². The van der Waals surface area contributed by atoms with E-state index in [1.165, 1.54) is 0 Å². The van der Waals surface area contributed by atoms with Crippen LogP contribution < -0.4 is 4.74 Å². The molecule has 2 rings (SSSR count). The summed E-state index contributed by atoms with van der Waals surface area (Å²) in [7, 11) is 0. The molecule has 1 aliphatic rings. The fourth-order valence-electron chi connectivity index (χ4n) is 2.98. The first kappa shape index (κ1) is 23.0. The third kappa shape index (κ3) is 5.21. The van der Waals surface area contributed by atoms with Crippen molar-refractivity contribution in [2.24, 2.45) is 5.92 Å². The minimum atomic E-state index is -1.11. The summed E-state index contributed by atoms with van der Waals surface area (Å²) in [5.74, 6) is -3.60. The van der Waals surface area contributed by atoms with E-state index >= 15 is 4.39 Å². The highest BCUT2D eigenvalue weighted by Crippen LogP contribution is 2.39. The maximum absolute atomic E-state index is 15.1. The molecule has 0 radical (unpaired) electrons. The third-order valence-electron chi connectivity index (χ3n) is 5.14. The zero-order valence-corrected chi connectivity index (χ0v) is 17.4. The van der Waals surface area contributed by atoms with Gasteiger partial charge in [0, 0.05) is 17.9 Å². The van der Waals surface area contributed by atoms with Gasteiger partial charge in [0.05, 0.1) is 12.7 Å². The highest BCUT2D eigenvalue weighted by molar-refractivity contribution is 5.51. The summed E-state index contributed by atoms with van der Waals surface area (Å²) in [5, 5.41) is 0. The summed E-state index contributed by atoms with van der Waals surface area (Å²) in [6.45, 7) is 17.3. The molecule has 0 aromatic heterocycles. The van der Waals surface area contributed by atoms with E-state index in [1.54, 1.807) is 19.1 Å². The first-order valence-corrected chi connectivity index (χ1v) is 9.88. The maximum Gasteiger partial charge on any atom is 0.201 e. The SMILES string of the molecule is C=CCCc1cc2c(c(F)c1F)O/C(=C(\F)C(=C)C(C)COC(C)CC)C(=C)C2. The highest BCUT2D eigenvalue weighted by Gasteiger charge is 2.29. The molecule has 1 aliphatic heterocycles. The Hall–Kier alpha value is -2.27. The molecule has 2 nitrogen and oxygen atoms in total. The minimum Gasteiger partial charge on any atom is -0.450 e. The van der Waals surface area contributed by atoms with Crippen LogP contribution in [0.15, 0.2) is 54.6 Å². The lowest BCUT2D eigenvalue weighted by Gasteiger charge is -2.25. The number of allylic oxidation sites excluding steroid dienone is 3. The number of halogens is 3. The van der Waals surface area contributed by atoms with Crippen LogP contribution in [0.25, 0.3) is 0 Å². The second-order valence-corrected chi connectivity index (χ2v) is 7.48. The van der Waals surface area contributed by atoms with Gasteiger partial charge in [-0.15, -0.1) is 6.58 Å². The van der Waals surface area contributed by atoms with Crippen LogP contribution in [0.4, 0.5) is 13.2 Å². The fourth-order valence-corrected chi connectivity index (χ4v) is 2.98. The Labute approximate surface area is 171 Å². The van der Waals surface area contributed by atoms with Crippen LogP contribution in [0.1, 0.15) is 44.7 Å². The van der Waals surface area contributed by atoms with Gasteiger partial charge in [-0.1, -0.05) is 33.1 Å². The number of ether oxygens (including phenoxy) is 2. The average molecular weight is 406 g/mol. The number of hydrogen-bond donors (Lipinski definition) is 0. The van der Waals surface area contributed by atoms with E-state index in [2.05, 4.69) is 19.7 Å². The Balaban J connectivity index is 2.29. The number of benzene rings is 1. The molecule has 0 saturated heterocycles. The van der Waals surface area contributed by atoms with E-state index in [0.29, 0.717) is 30.6 Å². The van der Waals surface area contributed by atoms with Crippen molar-refractivity contribution in [3.63, 3.8) is 0 Å². The molecular formula is C24H29F3O2. The molecule has 0 bridgehead atoms. The van der Waals surface area contributed by atoms with Crippen LogP contribution in [0.3, 0.4) is 0 Å². The van der Waals surface area contributed by atoms with E-state index in [4.69, 9.17) is 9.47 Å². The van der Waals surface area contributed by atoms with E-state index in [1.807, 2.05) is 13.8 Å². The van der Waals surface area contributed by atoms with Crippen molar-refractivity contribution in [1.29, 1.82) is 0 Å². The molecule has 2 atom stereocenters. The second-order valence-electron chi connectivity index (χ2n) is 7.48. The van der Waals surface area contributed by atoms with Crippen LogP contribution in [-0.2, 0) is 17.6 Å². The molecule has 1 aromatic rings. The number of fused-ring (bicyclic) bond motifs is 1. The standard InChI is InChI=1S/C24H29F3O2/c1-7-9-10-18-12-19-11-14(3)23(29-24(19)22(27)21(18)26)20(25)17(6)15(4)13-28-16(5)8-2/h7,12,15-16H,1,3,6,8-11,13H2,2,4-5H3/b23-20-. The van der Waals surface area contributed by atoms with E-state index in [-0.39, 0.29) is 41.1 Å². The average Bonchev–Trinajstić information content (AvgIpc) is 2.71. The molecule has 0 spiro atoms. The lowest BCUT2D eigenvalue weighted by Crippen LogP contribution is -2.18. The number of hydrogen-bond acceptors (Lipinski definition) is 2. The van der Waals surface area contributed by atoms with Gasteiger partial charge in [0.25, 0.3) is 0 Å². The Bertz CT molecular complexity index is 839.